The van der Waals surface area contributed by atoms with Gasteiger partial charge in [-0.15, -0.1) is 0 Å². The number of nitrogens with one attached hydrogen (secondary N) is 1. The third-order valence-electron chi connectivity index (χ3n) is 6.14. The van der Waals surface area contributed by atoms with E-state index in [1.807, 2.05) is 0 Å². The molecule has 182 valence electrons. The fraction of sp³-hybridized carbons (Fsp3) is 0.417. The number of anilines is 3. The molecule has 1 saturated heterocycles. The third-order valence-corrected chi connectivity index (χ3v) is 8.19. The van der Waals surface area contributed by atoms with Crippen LogP contribution in [0, 0.1) is 0 Å². The van der Waals surface area contributed by atoms with E-state index < -0.39 is 15.9 Å². The van der Waals surface area contributed by atoms with Crippen molar-refractivity contribution in [3.05, 3.63) is 42.5 Å². The monoisotopic (exact) mass is 486 g/mol. The van der Waals surface area contributed by atoms with Crippen molar-refractivity contribution in [2.75, 3.05) is 54.4 Å². The molecular weight excluding hydrogens is 456 g/mol. The summed E-state index contributed by atoms with van der Waals surface area (Å²) < 4.78 is 33.0. The van der Waals surface area contributed by atoms with Crippen LogP contribution in [-0.2, 0) is 19.6 Å². The summed E-state index contributed by atoms with van der Waals surface area (Å²) in [7, 11) is -3.69. The number of carbonyl (C=O) groups is 2. The highest BCUT2D eigenvalue weighted by Crippen LogP contribution is 2.34. The molecule has 10 heteroatoms. The molecule has 1 fully saturated rings. The highest BCUT2D eigenvalue weighted by atomic mass is 32.2. The van der Waals surface area contributed by atoms with E-state index >= 15 is 0 Å². The molecule has 0 radical (unpaired) electrons. The van der Waals surface area contributed by atoms with E-state index in [0.29, 0.717) is 30.2 Å². The zero-order chi connectivity index (χ0) is 24.3. The van der Waals surface area contributed by atoms with Gasteiger partial charge in [0, 0.05) is 26.2 Å². The summed E-state index contributed by atoms with van der Waals surface area (Å²) in [4.78, 5) is 29.2. The van der Waals surface area contributed by atoms with Crippen LogP contribution in [0.5, 0.6) is 5.75 Å². The van der Waals surface area contributed by atoms with E-state index in [2.05, 4.69) is 10.2 Å². The lowest BCUT2D eigenvalue weighted by molar-refractivity contribution is -0.123. The number of amides is 2. The summed E-state index contributed by atoms with van der Waals surface area (Å²) in [6, 6.07) is 11.9. The number of sulfonamides is 1. The molecule has 0 spiro atoms. The van der Waals surface area contributed by atoms with Gasteiger partial charge in [-0.3, -0.25) is 14.5 Å². The number of hydrogen-bond acceptors (Lipinski definition) is 6. The molecule has 0 aromatic heterocycles. The van der Waals surface area contributed by atoms with Crippen molar-refractivity contribution in [3.8, 4) is 5.75 Å². The van der Waals surface area contributed by atoms with Gasteiger partial charge in [0.15, 0.2) is 6.61 Å². The quantitative estimate of drug-likeness (QED) is 0.616. The first kappa shape index (κ1) is 24.0. The van der Waals surface area contributed by atoms with Gasteiger partial charge in [0.1, 0.15) is 12.3 Å². The number of rotatable bonds is 8. The van der Waals surface area contributed by atoms with Crippen molar-refractivity contribution in [2.45, 2.75) is 31.6 Å². The van der Waals surface area contributed by atoms with E-state index in [1.54, 1.807) is 50.2 Å². The van der Waals surface area contributed by atoms with Crippen molar-refractivity contribution in [3.63, 3.8) is 0 Å². The van der Waals surface area contributed by atoms with Crippen LogP contribution in [0.1, 0.15) is 26.7 Å². The van der Waals surface area contributed by atoms with Crippen LogP contribution in [0.25, 0.3) is 0 Å². The molecule has 2 aromatic rings. The molecular formula is C24H30N4O5S. The predicted molar refractivity (Wildman–Crippen MR) is 131 cm³/mol. The third kappa shape index (κ3) is 4.74. The maximum Gasteiger partial charge on any atom is 0.265 e. The fourth-order valence-electron chi connectivity index (χ4n) is 4.38. The minimum atomic E-state index is -3.69. The second-order valence-electron chi connectivity index (χ2n) is 8.25. The van der Waals surface area contributed by atoms with Crippen molar-refractivity contribution in [1.29, 1.82) is 0 Å². The lowest BCUT2D eigenvalue weighted by Gasteiger charge is -2.29. The number of para-hydroxylation sites is 2. The van der Waals surface area contributed by atoms with Gasteiger partial charge in [-0.2, -0.15) is 4.31 Å². The highest BCUT2D eigenvalue weighted by Gasteiger charge is 2.29. The molecule has 2 aliphatic heterocycles. The standard InChI is InChI=1S/C24H30N4O5S/c1-3-27(4-2)34(31,32)18-11-12-20(26-13-7-8-14-26)19(15-18)25-23(29)16-28-21-9-5-6-10-22(21)33-17-24(28)30/h5-6,9-12,15H,3-4,7-8,13-14,16-17H2,1-2H3,(H,25,29). The Kier molecular flexibility index (Phi) is 7.08. The van der Waals surface area contributed by atoms with Crippen LogP contribution in [0.4, 0.5) is 17.1 Å². The molecule has 0 atom stereocenters. The Morgan fingerprint density at radius 2 is 1.76 bits per heavy atom. The smallest absolute Gasteiger partial charge is 0.265 e. The Labute approximate surface area is 200 Å². The van der Waals surface area contributed by atoms with Gasteiger partial charge < -0.3 is 15.0 Å². The van der Waals surface area contributed by atoms with Crippen LogP contribution in [-0.4, -0.2) is 63.9 Å². The fourth-order valence-corrected chi connectivity index (χ4v) is 5.87. The van der Waals surface area contributed by atoms with E-state index in [-0.39, 0.29) is 24.0 Å². The van der Waals surface area contributed by atoms with E-state index in [9.17, 15) is 18.0 Å². The summed E-state index contributed by atoms with van der Waals surface area (Å²) in [5, 5.41) is 2.88. The van der Waals surface area contributed by atoms with Gasteiger partial charge in [0.25, 0.3) is 5.91 Å². The first-order chi connectivity index (χ1) is 16.3. The maximum atomic E-state index is 13.1. The largest absolute Gasteiger partial charge is 0.482 e. The van der Waals surface area contributed by atoms with E-state index in [0.717, 1.165) is 31.6 Å². The summed E-state index contributed by atoms with van der Waals surface area (Å²) >= 11 is 0. The van der Waals surface area contributed by atoms with Gasteiger partial charge in [-0.1, -0.05) is 26.0 Å². The summed E-state index contributed by atoms with van der Waals surface area (Å²) in [6.45, 7) is 5.62. The van der Waals surface area contributed by atoms with Gasteiger partial charge >= 0.3 is 0 Å². The first-order valence-corrected chi connectivity index (χ1v) is 13.0. The predicted octanol–water partition coefficient (Wildman–Crippen LogP) is 2.68. The van der Waals surface area contributed by atoms with Crippen LogP contribution >= 0.6 is 0 Å². The molecule has 2 amide bonds. The maximum absolute atomic E-state index is 13.1. The van der Waals surface area contributed by atoms with Gasteiger partial charge in [-0.05, 0) is 43.2 Å². The normalized spacial score (nSPS) is 15.9. The van der Waals surface area contributed by atoms with Crippen molar-refractivity contribution in [2.24, 2.45) is 0 Å². The minimum absolute atomic E-state index is 0.127. The van der Waals surface area contributed by atoms with Crippen LogP contribution in [0.15, 0.2) is 47.4 Å². The molecule has 4 rings (SSSR count). The molecule has 9 nitrogen and oxygen atoms in total. The van der Waals surface area contributed by atoms with Crippen LogP contribution in [0.2, 0.25) is 0 Å². The van der Waals surface area contributed by atoms with E-state index in [1.165, 1.54) is 15.3 Å². The molecule has 34 heavy (non-hydrogen) atoms. The number of fused-ring (bicyclic) bond motifs is 1. The number of ether oxygens (including phenoxy) is 1. The van der Waals surface area contributed by atoms with Crippen LogP contribution < -0.4 is 19.9 Å². The number of nitrogens with zero attached hydrogens (tertiary/aromatic N) is 3. The molecule has 1 N–H and O–H groups in total. The molecule has 0 bridgehead atoms. The molecule has 0 aliphatic carbocycles. The number of hydrogen-bond donors (Lipinski definition) is 1. The Balaban J connectivity index is 1.63. The SMILES string of the molecule is CCN(CC)S(=O)(=O)c1ccc(N2CCCC2)c(NC(=O)CN2C(=O)COc3ccccc32)c1. The number of carbonyl (C=O) groups excluding carboxylic acids is 2. The molecule has 2 aliphatic rings. The summed E-state index contributed by atoms with van der Waals surface area (Å²) in [6.07, 6.45) is 2.07. The average molecular weight is 487 g/mol. The Hall–Kier alpha value is -3.11. The second-order valence-corrected chi connectivity index (χ2v) is 10.2. The summed E-state index contributed by atoms with van der Waals surface area (Å²) in [5.41, 5.74) is 1.73. The minimum Gasteiger partial charge on any atom is -0.482 e. The van der Waals surface area contributed by atoms with Crippen molar-refractivity contribution < 1.29 is 22.7 Å². The molecule has 0 saturated carbocycles. The highest BCUT2D eigenvalue weighted by molar-refractivity contribution is 7.89. The van der Waals surface area contributed by atoms with Crippen molar-refractivity contribution in [1.82, 2.24) is 4.31 Å². The summed E-state index contributed by atoms with van der Waals surface area (Å²) in [5.74, 6) is -0.186. The Bertz CT molecular complexity index is 1170. The second kappa shape index (κ2) is 10.0. The molecule has 0 unspecified atom stereocenters. The van der Waals surface area contributed by atoms with Gasteiger partial charge in [0.05, 0.1) is 22.0 Å². The Morgan fingerprint density at radius 3 is 2.47 bits per heavy atom. The average Bonchev–Trinajstić information content (AvgIpc) is 3.36. The Morgan fingerprint density at radius 1 is 1.06 bits per heavy atom. The lowest BCUT2D eigenvalue weighted by Crippen LogP contribution is -2.43. The van der Waals surface area contributed by atoms with Gasteiger partial charge in [-0.25, -0.2) is 8.42 Å². The molecule has 2 heterocycles. The van der Waals surface area contributed by atoms with Crippen LogP contribution in [0.3, 0.4) is 0 Å². The topological polar surface area (TPSA) is 99.3 Å². The zero-order valence-electron chi connectivity index (χ0n) is 19.5. The number of benzene rings is 2. The van der Waals surface area contributed by atoms with Crippen molar-refractivity contribution >= 4 is 38.9 Å². The first-order valence-electron chi connectivity index (χ1n) is 11.6. The van der Waals surface area contributed by atoms with Gasteiger partial charge in [0.2, 0.25) is 15.9 Å². The van der Waals surface area contributed by atoms with E-state index in [4.69, 9.17) is 4.74 Å². The molecule has 2 aromatic carbocycles. The zero-order valence-corrected chi connectivity index (χ0v) is 20.3. The lowest BCUT2D eigenvalue weighted by atomic mass is 10.2.